The summed E-state index contributed by atoms with van der Waals surface area (Å²) in [6.45, 7) is 3.91. The van der Waals surface area contributed by atoms with Crippen molar-refractivity contribution in [3.05, 3.63) is 117 Å². The van der Waals surface area contributed by atoms with Gasteiger partial charge in [-0.1, -0.05) is 60.2 Å². The zero-order chi connectivity index (χ0) is 25.2. The highest BCUT2D eigenvalue weighted by atomic mass is 16.2. The van der Waals surface area contributed by atoms with Crippen molar-refractivity contribution in [2.45, 2.75) is 20.4 Å². The van der Waals surface area contributed by atoms with Crippen molar-refractivity contribution >= 4 is 33.5 Å². The van der Waals surface area contributed by atoms with Crippen molar-refractivity contribution in [2.24, 2.45) is 0 Å². The highest BCUT2D eigenvalue weighted by Crippen LogP contribution is 2.18. The van der Waals surface area contributed by atoms with Gasteiger partial charge in [0.2, 0.25) is 0 Å². The molecule has 2 heterocycles. The van der Waals surface area contributed by atoms with Crippen LogP contribution in [-0.4, -0.2) is 26.6 Å². The predicted molar refractivity (Wildman–Crippen MR) is 138 cm³/mol. The van der Waals surface area contributed by atoms with Crippen molar-refractivity contribution < 1.29 is 9.59 Å². The maximum atomic E-state index is 13.1. The number of hydrogen-bond acceptors (Lipinski definition) is 5. The Balaban J connectivity index is 1.43. The summed E-state index contributed by atoms with van der Waals surface area (Å²) in [4.78, 5) is 43.6. The monoisotopic (exact) mass is 477 g/mol. The van der Waals surface area contributed by atoms with Crippen LogP contribution in [0.25, 0.3) is 21.7 Å². The maximum absolute atomic E-state index is 13.1. The largest absolute Gasteiger partial charge is 0.290 e. The molecule has 36 heavy (non-hydrogen) atoms. The first-order chi connectivity index (χ1) is 17.4. The molecule has 0 unspecified atom stereocenters. The number of nitrogens with zero attached hydrogens (tertiary/aromatic N) is 3. The number of rotatable bonds is 4. The Labute approximate surface area is 206 Å². The van der Waals surface area contributed by atoms with E-state index < -0.39 is 11.8 Å². The number of nitrogens with one attached hydrogen (secondary N) is 2. The Bertz CT molecular complexity index is 1690. The van der Waals surface area contributed by atoms with Crippen LogP contribution in [0.2, 0.25) is 0 Å². The second-order valence-corrected chi connectivity index (χ2v) is 8.57. The third-order valence-corrected chi connectivity index (χ3v) is 5.95. The highest BCUT2D eigenvalue weighted by Gasteiger charge is 2.19. The molecule has 0 fully saturated rings. The molecule has 178 valence electrons. The van der Waals surface area contributed by atoms with E-state index in [4.69, 9.17) is 0 Å². The molecule has 2 N–H and O–H groups in total. The standard InChI is InChI=1S/C28H23N5O3/c1-17-12-13-24-20(14-17)15-23(18(2)29-24)26(34)30-31-27(35)25-21-10-6-7-11-22(21)28(36)33(32-25)16-19-8-4-3-5-9-19/h3-15H,16H2,1-2H3,(H,30,34)(H,31,35). The molecule has 2 amide bonds. The quantitative estimate of drug-likeness (QED) is 0.384. The molecule has 0 aliphatic rings. The Morgan fingerprint density at radius 3 is 2.31 bits per heavy atom. The third kappa shape index (κ3) is 4.44. The number of aromatic nitrogens is 3. The van der Waals surface area contributed by atoms with E-state index >= 15 is 0 Å². The zero-order valence-corrected chi connectivity index (χ0v) is 19.8. The third-order valence-electron chi connectivity index (χ3n) is 5.95. The summed E-state index contributed by atoms with van der Waals surface area (Å²) in [5, 5.41) is 5.94. The van der Waals surface area contributed by atoms with E-state index in [9.17, 15) is 14.4 Å². The molecule has 5 rings (SSSR count). The molecule has 8 nitrogen and oxygen atoms in total. The smallest absolute Gasteiger partial charge is 0.267 e. The summed E-state index contributed by atoms with van der Waals surface area (Å²) in [5.74, 6) is -1.14. The molecule has 0 spiro atoms. The van der Waals surface area contributed by atoms with E-state index in [1.165, 1.54) is 4.68 Å². The van der Waals surface area contributed by atoms with Crippen molar-refractivity contribution in [3.63, 3.8) is 0 Å². The lowest BCUT2D eigenvalue weighted by Crippen LogP contribution is -2.43. The first-order valence-corrected chi connectivity index (χ1v) is 11.4. The van der Waals surface area contributed by atoms with Gasteiger partial charge in [-0.3, -0.25) is 30.2 Å². The maximum Gasteiger partial charge on any atom is 0.290 e. The minimum Gasteiger partial charge on any atom is -0.267 e. The molecule has 5 aromatic rings. The van der Waals surface area contributed by atoms with E-state index in [2.05, 4.69) is 20.9 Å². The number of benzene rings is 3. The molecule has 0 bridgehead atoms. The number of aryl methyl sites for hydroxylation is 2. The van der Waals surface area contributed by atoms with Crippen molar-refractivity contribution in [1.29, 1.82) is 0 Å². The SMILES string of the molecule is Cc1ccc2nc(C)c(C(=O)NNC(=O)c3nn(Cc4ccccc4)c(=O)c4ccccc34)cc2c1. The molecule has 8 heteroatoms. The number of amides is 2. The van der Waals surface area contributed by atoms with Crippen molar-refractivity contribution in [3.8, 4) is 0 Å². The van der Waals surface area contributed by atoms with Gasteiger partial charge in [-0.25, -0.2) is 4.68 Å². The van der Waals surface area contributed by atoms with Crippen LogP contribution < -0.4 is 16.4 Å². The summed E-state index contributed by atoms with van der Waals surface area (Å²) < 4.78 is 1.26. The lowest BCUT2D eigenvalue weighted by atomic mass is 10.1. The van der Waals surface area contributed by atoms with Gasteiger partial charge in [-0.15, -0.1) is 0 Å². The van der Waals surface area contributed by atoms with Gasteiger partial charge >= 0.3 is 0 Å². The molecule has 0 aliphatic carbocycles. The summed E-state index contributed by atoms with van der Waals surface area (Å²) in [6.07, 6.45) is 0. The lowest BCUT2D eigenvalue weighted by molar-refractivity contribution is 0.0843. The first-order valence-electron chi connectivity index (χ1n) is 11.4. The molecule has 0 radical (unpaired) electrons. The fourth-order valence-corrected chi connectivity index (χ4v) is 4.13. The van der Waals surface area contributed by atoms with Crippen LogP contribution in [0.15, 0.2) is 83.7 Å². The summed E-state index contributed by atoms with van der Waals surface area (Å²) in [5.41, 5.74) is 8.23. The molecule has 3 aromatic carbocycles. The Morgan fingerprint density at radius 2 is 1.53 bits per heavy atom. The van der Waals surface area contributed by atoms with E-state index in [1.54, 1.807) is 37.3 Å². The average molecular weight is 478 g/mol. The normalized spacial score (nSPS) is 10.9. The molecular weight excluding hydrogens is 454 g/mol. The predicted octanol–water partition coefficient (Wildman–Crippen LogP) is 3.68. The van der Waals surface area contributed by atoms with Crippen LogP contribution in [0.3, 0.4) is 0 Å². The molecule has 0 saturated heterocycles. The molecular formula is C28H23N5O3. The number of carbonyl (C=O) groups excluding carboxylic acids is 2. The fraction of sp³-hybridized carbons (Fsp3) is 0.107. The van der Waals surface area contributed by atoms with E-state index in [1.807, 2.05) is 55.5 Å². The first kappa shape index (κ1) is 22.9. The van der Waals surface area contributed by atoms with Gasteiger partial charge in [0, 0.05) is 10.8 Å². The van der Waals surface area contributed by atoms with Gasteiger partial charge in [0.15, 0.2) is 5.69 Å². The zero-order valence-electron chi connectivity index (χ0n) is 19.8. The van der Waals surface area contributed by atoms with Crippen LogP contribution in [0.4, 0.5) is 0 Å². The lowest BCUT2D eigenvalue weighted by Gasteiger charge is -2.13. The summed E-state index contributed by atoms with van der Waals surface area (Å²) >= 11 is 0. The van der Waals surface area contributed by atoms with E-state index in [-0.39, 0.29) is 17.8 Å². The van der Waals surface area contributed by atoms with Crippen LogP contribution in [0.5, 0.6) is 0 Å². The highest BCUT2D eigenvalue weighted by molar-refractivity contribution is 6.06. The number of hydrazine groups is 1. The number of pyridine rings is 1. The van der Waals surface area contributed by atoms with Gasteiger partial charge in [-0.2, -0.15) is 5.10 Å². The Hall–Kier alpha value is -4.85. The van der Waals surface area contributed by atoms with E-state index in [0.29, 0.717) is 22.0 Å². The van der Waals surface area contributed by atoms with Crippen LogP contribution in [0.1, 0.15) is 37.7 Å². The second kappa shape index (κ2) is 9.42. The summed E-state index contributed by atoms with van der Waals surface area (Å²) in [7, 11) is 0. The van der Waals surface area contributed by atoms with Crippen molar-refractivity contribution in [2.75, 3.05) is 0 Å². The van der Waals surface area contributed by atoms with Crippen LogP contribution >= 0.6 is 0 Å². The van der Waals surface area contributed by atoms with E-state index in [0.717, 1.165) is 22.0 Å². The molecule has 2 aromatic heterocycles. The number of hydrogen-bond donors (Lipinski definition) is 2. The number of carbonyl (C=O) groups is 2. The van der Waals surface area contributed by atoms with Gasteiger partial charge < -0.3 is 0 Å². The fourth-order valence-electron chi connectivity index (χ4n) is 4.13. The molecule has 0 atom stereocenters. The summed E-state index contributed by atoms with van der Waals surface area (Å²) in [6, 6.07) is 23.7. The molecule has 0 aliphatic heterocycles. The van der Waals surface area contributed by atoms with Crippen molar-refractivity contribution in [1.82, 2.24) is 25.6 Å². The van der Waals surface area contributed by atoms with Gasteiger partial charge in [0.05, 0.1) is 28.7 Å². The Kier molecular flexibility index (Phi) is 6.00. The Morgan fingerprint density at radius 1 is 0.833 bits per heavy atom. The van der Waals surface area contributed by atoms with Gasteiger partial charge in [-0.05, 0) is 43.7 Å². The minimum atomic E-state index is -0.636. The number of fused-ring (bicyclic) bond motifs is 2. The topological polar surface area (TPSA) is 106 Å². The van der Waals surface area contributed by atoms with Gasteiger partial charge in [0.25, 0.3) is 17.4 Å². The van der Waals surface area contributed by atoms with Crippen LogP contribution in [-0.2, 0) is 6.54 Å². The second-order valence-electron chi connectivity index (χ2n) is 8.57. The van der Waals surface area contributed by atoms with Gasteiger partial charge in [0.1, 0.15) is 0 Å². The molecule has 0 saturated carbocycles. The van der Waals surface area contributed by atoms with Crippen LogP contribution in [0, 0.1) is 13.8 Å². The minimum absolute atomic E-state index is 0.0328. The average Bonchev–Trinajstić information content (AvgIpc) is 2.89.